The lowest BCUT2D eigenvalue weighted by Gasteiger charge is -2.11. The zero-order valence-electron chi connectivity index (χ0n) is 4.89. The molecule has 1 aliphatic rings. The largest absolute Gasteiger partial charge is 0.373 e. The van der Waals surface area contributed by atoms with E-state index >= 15 is 0 Å². The molecular weight excluding hydrogens is 100 g/mol. The van der Waals surface area contributed by atoms with E-state index in [0.717, 1.165) is 0 Å². The maximum atomic E-state index is 5.49. The SMILES string of the molecule is CC1=CC(N)NC=C1. The Bertz CT molecular complexity index is 135. The molecule has 1 unspecified atom stereocenters. The fraction of sp³-hybridized carbons (Fsp3) is 0.333. The van der Waals surface area contributed by atoms with Crippen LogP contribution in [0.1, 0.15) is 6.92 Å². The second kappa shape index (κ2) is 2.01. The second-order valence-electron chi connectivity index (χ2n) is 1.94. The first-order valence-corrected chi connectivity index (χ1v) is 2.65. The zero-order chi connectivity index (χ0) is 5.98. The van der Waals surface area contributed by atoms with Crippen molar-refractivity contribution < 1.29 is 0 Å². The lowest BCUT2D eigenvalue weighted by molar-refractivity contribution is 0.721. The summed E-state index contributed by atoms with van der Waals surface area (Å²) < 4.78 is 0. The van der Waals surface area contributed by atoms with E-state index in [1.807, 2.05) is 25.3 Å². The quantitative estimate of drug-likeness (QED) is 0.471. The summed E-state index contributed by atoms with van der Waals surface area (Å²) in [6.07, 6.45) is 5.84. The Morgan fingerprint density at radius 1 is 1.75 bits per heavy atom. The first-order valence-electron chi connectivity index (χ1n) is 2.65. The highest BCUT2D eigenvalue weighted by Gasteiger charge is 1.96. The minimum Gasteiger partial charge on any atom is -0.373 e. The van der Waals surface area contributed by atoms with Crippen LogP contribution in [0.4, 0.5) is 0 Å². The van der Waals surface area contributed by atoms with E-state index in [1.165, 1.54) is 5.57 Å². The van der Waals surface area contributed by atoms with Crippen molar-refractivity contribution in [2.75, 3.05) is 0 Å². The van der Waals surface area contributed by atoms with Crippen molar-refractivity contribution in [1.82, 2.24) is 5.32 Å². The van der Waals surface area contributed by atoms with Crippen molar-refractivity contribution in [3.8, 4) is 0 Å². The molecule has 1 atom stereocenters. The summed E-state index contributed by atoms with van der Waals surface area (Å²) in [5, 5.41) is 2.93. The fourth-order valence-corrected chi connectivity index (χ4v) is 0.678. The summed E-state index contributed by atoms with van der Waals surface area (Å²) in [5.41, 5.74) is 6.71. The van der Waals surface area contributed by atoms with E-state index < -0.39 is 0 Å². The van der Waals surface area contributed by atoms with Crippen molar-refractivity contribution in [3.05, 3.63) is 23.9 Å². The van der Waals surface area contributed by atoms with Gasteiger partial charge in [0.15, 0.2) is 0 Å². The summed E-state index contributed by atoms with van der Waals surface area (Å²) >= 11 is 0. The van der Waals surface area contributed by atoms with Crippen LogP contribution in [-0.4, -0.2) is 6.17 Å². The molecule has 8 heavy (non-hydrogen) atoms. The average molecular weight is 110 g/mol. The van der Waals surface area contributed by atoms with Crippen LogP contribution in [-0.2, 0) is 0 Å². The van der Waals surface area contributed by atoms with Gasteiger partial charge < -0.3 is 11.1 Å². The highest BCUT2D eigenvalue weighted by Crippen LogP contribution is 1.98. The van der Waals surface area contributed by atoms with E-state index in [9.17, 15) is 0 Å². The molecule has 0 saturated carbocycles. The molecule has 0 aromatic carbocycles. The Kier molecular flexibility index (Phi) is 1.35. The summed E-state index contributed by atoms with van der Waals surface area (Å²) in [6, 6.07) is 0. The number of dihydropyridines is 1. The lowest BCUT2D eigenvalue weighted by Crippen LogP contribution is -2.33. The molecule has 0 saturated heterocycles. The first kappa shape index (κ1) is 5.38. The Morgan fingerprint density at radius 3 is 2.88 bits per heavy atom. The predicted octanol–water partition coefficient (Wildman–Crippen LogP) is 0.334. The highest BCUT2D eigenvalue weighted by atomic mass is 15.0. The molecule has 0 aromatic rings. The van der Waals surface area contributed by atoms with E-state index in [1.54, 1.807) is 0 Å². The standard InChI is InChI=1S/C6H10N2/c1-5-2-3-8-6(7)4-5/h2-4,6,8H,7H2,1H3. The maximum Gasteiger partial charge on any atom is 0.0936 e. The number of allylic oxidation sites excluding steroid dienone is 2. The summed E-state index contributed by atoms with van der Waals surface area (Å²) in [4.78, 5) is 0. The summed E-state index contributed by atoms with van der Waals surface area (Å²) in [6.45, 7) is 2.02. The third-order valence-corrected chi connectivity index (χ3v) is 1.08. The van der Waals surface area contributed by atoms with Gasteiger partial charge in [-0.1, -0.05) is 5.57 Å². The molecule has 0 amide bonds. The van der Waals surface area contributed by atoms with Crippen LogP contribution in [0.3, 0.4) is 0 Å². The van der Waals surface area contributed by atoms with E-state index in [-0.39, 0.29) is 6.17 Å². The summed E-state index contributed by atoms with van der Waals surface area (Å²) in [7, 11) is 0. The minimum atomic E-state index is 0.0139. The number of nitrogens with two attached hydrogens (primary N) is 1. The Balaban J connectivity index is 2.63. The lowest BCUT2D eigenvalue weighted by atomic mass is 10.2. The fourth-order valence-electron chi connectivity index (χ4n) is 0.678. The van der Waals surface area contributed by atoms with Gasteiger partial charge in [0, 0.05) is 0 Å². The van der Waals surface area contributed by atoms with Gasteiger partial charge in [0.05, 0.1) is 6.17 Å². The average Bonchev–Trinajstić information content (AvgIpc) is 1.64. The van der Waals surface area contributed by atoms with Gasteiger partial charge >= 0.3 is 0 Å². The van der Waals surface area contributed by atoms with E-state index in [0.29, 0.717) is 0 Å². The maximum absolute atomic E-state index is 5.49. The normalized spacial score (nSPS) is 26.8. The van der Waals surface area contributed by atoms with Gasteiger partial charge in [0.1, 0.15) is 0 Å². The van der Waals surface area contributed by atoms with Crippen LogP contribution in [0.25, 0.3) is 0 Å². The van der Waals surface area contributed by atoms with Gasteiger partial charge in [-0.05, 0) is 25.3 Å². The van der Waals surface area contributed by atoms with Crippen molar-refractivity contribution in [2.45, 2.75) is 13.1 Å². The molecule has 44 valence electrons. The summed E-state index contributed by atoms with van der Waals surface area (Å²) in [5.74, 6) is 0. The van der Waals surface area contributed by atoms with E-state index in [2.05, 4.69) is 5.32 Å². The smallest absolute Gasteiger partial charge is 0.0936 e. The molecule has 0 aromatic heterocycles. The highest BCUT2D eigenvalue weighted by molar-refractivity contribution is 5.21. The molecular formula is C6H10N2. The van der Waals surface area contributed by atoms with Crippen molar-refractivity contribution >= 4 is 0 Å². The van der Waals surface area contributed by atoms with Gasteiger partial charge in [-0.25, -0.2) is 0 Å². The Morgan fingerprint density at radius 2 is 2.50 bits per heavy atom. The Labute approximate surface area is 49.1 Å². The van der Waals surface area contributed by atoms with Crippen LogP contribution in [0.15, 0.2) is 23.9 Å². The molecule has 2 nitrogen and oxygen atoms in total. The molecule has 0 bridgehead atoms. The topological polar surface area (TPSA) is 38.0 Å². The van der Waals surface area contributed by atoms with Crippen molar-refractivity contribution in [3.63, 3.8) is 0 Å². The van der Waals surface area contributed by atoms with Crippen LogP contribution in [0, 0.1) is 0 Å². The molecule has 0 spiro atoms. The number of hydrogen-bond donors (Lipinski definition) is 2. The molecule has 0 radical (unpaired) electrons. The van der Waals surface area contributed by atoms with Gasteiger partial charge in [0.2, 0.25) is 0 Å². The molecule has 0 aliphatic carbocycles. The van der Waals surface area contributed by atoms with Gasteiger partial charge in [-0.15, -0.1) is 0 Å². The number of hydrogen-bond acceptors (Lipinski definition) is 2. The third kappa shape index (κ3) is 1.10. The van der Waals surface area contributed by atoms with Crippen LogP contribution in [0.2, 0.25) is 0 Å². The molecule has 3 N–H and O–H groups in total. The van der Waals surface area contributed by atoms with Gasteiger partial charge in [0.25, 0.3) is 0 Å². The van der Waals surface area contributed by atoms with Crippen LogP contribution in [0.5, 0.6) is 0 Å². The van der Waals surface area contributed by atoms with Crippen molar-refractivity contribution in [1.29, 1.82) is 0 Å². The monoisotopic (exact) mass is 110 g/mol. The van der Waals surface area contributed by atoms with Gasteiger partial charge in [-0.2, -0.15) is 0 Å². The molecule has 1 rings (SSSR count). The van der Waals surface area contributed by atoms with E-state index in [4.69, 9.17) is 5.73 Å². The molecule has 1 heterocycles. The zero-order valence-corrected chi connectivity index (χ0v) is 4.89. The molecule has 1 aliphatic heterocycles. The van der Waals surface area contributed by atoms with Gasteiger partial charge in [-0.3, -0.25) is 0 Å². The van der Waals surface area contributed by atoms with Crippen LogP contribution >= 0.6 is 0 Å². The third-order valence-electron chi connectivity index (χ3n) is 1.08. The first-order chi connectivity index (χ1) is 3.79. The minimum absolute atomic E-state index is 0.0139. The molecule has 2 heteroatoms. The predicted molar refractivity (Wildman–Crippen MR) is 34.0 cm³/mol. The molecule has 0 fully saturated rings. The second-order valence-corrected chi connectivity index (χ2v) is 1.94. The Hall–Kier alpha value is -0.760. The van der Waals surface area contributed by atoms with Crippen LogP contribution < -0.4 is 11.1 Å². The number of rotatable bonds is 0. The number of nitrogens with one attached hydrogen (secondary N) is 1. The van der Waals surface area contributed by atoms with Crippen molar-refractivity contribution in [2.24, 2.45) is 5.73 Å².